The van der Waals surface area contributed by atoms with Gasteiger partial charge < -0.3 is 14.4 Å². The highest BCUT2D eigenvalue weighted by Gasteiger charge is 2.33. The average molecular weight is 318 g/mol. The number of hydrogen-bond donors (Lipinski definition) is 0. The highest BCUT2D eigenvalue weighted by Crippen LogP contribution is 2.26. The summed E-state index contributed by atoms with van der Waals surface area (Å²) in [6.07, 6.45) is 3.45. The van der Waals surface area contributed by atoms with Crippen LogP contribution in [0, 0.1) is 0 Å². The minimum Gasteiger partial charge on any atom is -0.349 e. The van der Waals surface area contributed by atoms with Crippen LogP contribution in [0.5, 0.6) is 0 Å². The summed E-state index contributed by atoms with van der Waals surface area (Å²) in [5.41, 5.74) is 1.91. The van der Waals surface area contributed by atoms with Crippen molar-refractivity contribution >= 4 is 5.91 Å². The Labute approximate surface area is 138 Å². The number of hydrogen-bond acceptors (Lipinski definition) is 4. The molecule has 0 saturated carbocycles. The average Bonchev–Trinajstić information content (AvgIpc) is 3.09. The first-order valence-electron chi connectivity index (χ1n) is 8.43. The summed E-state index contributed by atoms with van der Waals surface area (Å²) in [5.74, 6) is 0.0458. The van der Waals surface area contributed by atoms with Gasteiger partial charge in [-0.1, -0.05) is 18.6 Å². The van der Waals surface area contributed by atoms with Crippen LogP contribution in [0.2, 0.25) is 0 Å². The molecule has 0 aromatic heterocycles. The molecule has 1 aromatic rings. The smallest absolute Gasteiger partial charge is 0.253 e. The first-order chi connectivity index (χ1) is 11.1. The predicted molar refractivity (Wildman–Crippen MR) is 88.2 cm³/mol. The number of carbonyl (C=O) groups is 1. The molecule has 0 bridgehead atoms. The lowest BCUT2D eigenvalue weighted by atomic mass is 10.00. The molecule has 2 fully saturated rings. The fourth-order valence-electron chi connectivity index (χ4n) is 3.42. The van der Waals surface area contributed by atoms with Crippen molar-refractivity contribution in [1.82, 2.24) is 9.80 Å². The summed E-state index contributed by atoms with van der Waals surface area (Å²) in [4.78, 5) is 16.2. The maximum absolute atomic E-state index is 12.1. The third-order valence-electron chi connectivity index (χ3n) is 4.59. The molecular weight excluding hydrogens is 292 g/mol. The van der Waals surface area contributed by atoms with Gasteiger partial charge in [0.2, 0.25) is 0 Å². The molecule has 0 N–H and O–H groups in total. The minimum atomic E-state index is -0.0955. The summed E-state index contributed by atoms with van der Waals surface area (Å²) in [6.45, 7) is 3.28. The molecular formula is C18H26N2O3. The Morgan fingerprint density at radius 2 is 2.04 bits per heavy atom. The maximum atomic E-state index is 12.1. The Hall–Kier alpha value is -1.43. The van der Waals surface area contributed by atoms with Crippen molar-refractivity contribution in [1.29, 1.82) is 0 Å². The lowest BCUT2D eigenvalue weighted by molar-refractivity contribution is -0.111. The summed E-state index contributed by atoms with van der Waals surface area (Å²) in [5, 5.41) is 0. The van der Waals surface area contributed by atoms with Crippen LogP contribution in [0.1, 0.15) is 35.2 Å². The Morgan fingerprint density at radius 3 is 2.78 bits per heavy atom. The first kappa shape index (κ1) is 16.4. The Bertz CT molecular complexity index is 541. The van der Waals surface area contributed by atoms with Gasteiger partial charge in [0.05, 0.1) is 19.3 Å². The topological polar surface area (TPSA) is 42.0 Å². The van der Waals surface area contributed by atoms with Crippen LogP contribution in [0.4, 0.5) is 0 Å². The van der Waals surface area contributed by atoms with E-state index in [1.165, 1.54) is 18.4 Å². The second-order valence-corrected chi connectivity index (χ2v) is 6.54. The van der Waals surface area contributed by atoms with Gasteiger partial charge in [0.15, 0.2) is 6.29 Å². The first-order valence-corrected chi connectivity index (χ1v) is 8.43. The van der Waals surface area contributed by atoms with Crippen molar-refractivity contribution in [2.75, 3.05) is 33.9 Å². The second kappa shape index (κ2) is 7.43. The monoisotopic (exact) mass is 318 g/mol. The van der Waals surface area contributed by atoms with Gasteiger partial charge in [-0.3, -0.25) is 9.69 Å². The largest absolute Gasteiger partial charge is 0.349 e. The van der Waals surface area contributed by atoms with Crippen molar-refractivity contribution in [2.45, 2.75) is 38.1 Å². The standard InChI is InChI=1S/C18H26N2O3/c1-19(2)17(21)15-7-5-6-14(12-15)13-20-9-4-3-8-16(20)18-22-10-11-23-18/h5-7,12,16,18H,3-4,8-11,13H2,1-2H3. The van der Waals surface area contributed by atoms with E-state index >= 15 is 0 Å². The van der Waals surface area contributed by atoms with Gasteiger partial charge >= 0.3 is 0 Å². The Kier molecular flexibility index (Phi) is 5.30. The lowest BCUT2D eigenvalue weighted by Crippen LogP contribution is -2.46. The van der Waals surface area contributed by atoms with Gasteiger partial charge in [0.1, 0.15) is 0 Å². The molecule has 2 heterocycles. The Balaban J connectivity index is 1.71. The number of carbonyl (C=O) groups excluding carboxylic acids is 1. The van der Waals surface area contributed by atoms with E-state index in [2.05, 4.69) is 11.0 Å². The zero-order valence-corrected chi connectivity index (χ0v) is 14.0. The molecule has 1 aromatic carbocycles. The molecule has 1 atom stereocenters. The van der Waals surface area contributed by atoms with E-state index in [0.29, 0.717) is 19.3 Å². The number of rotatable bonds is 4. The van der Waals surface area contributed by atoms with Crippen molar-refractivity contribution in [2.24, 2.45) is 0 Å². The summed E-state index contributed by atoms with van der Waals surface area (Å²) in [7, 11) is 3.56. The number of piperidine rings is 1. The van der Waals surface area contributed by atoms with E-state index in [1.54, 1.807) is 19.0 Å². The quantitative estimate of drug-likeness (QED) is 0.853. The molecule has 2 saturated heterocycles. The molecule has 2 aliphatic rings. The van der Waals surface area contributed by atoms with Crippen molar-refractivity contribution in [3.8, 4) is 0 Å². The number of likely N-dealkylation sites (tertiary alicyclic amines) is 1. The van der Waals surface area contributed by atoms with E-state index in [0.717, 1.165) is 25.1 Å². The molecule has 23 heavy (non-hydrogen) atoms. The molecule has 0 aliphatic carbocycles. The van der Waals surface area contributed by atoms with E-state index in [9.17, 15) is 4.79 Å². The lowest BCUT2D eigenvalue weighted by Gasteiger charge is -2.38. The molecule has 1 amide bonds. The van der Waals surface area contributed by atoms with Gasteiger partial charge in [0.25, 0.3) is 5.91 Å². The van der Waals surface area contributed by atoms with Crippen LogP contribution in [0.3, 0.4) is 0 Å². The number of amides is 1. The molecule has 2 aliphatic heterocycles. The second-order valence-electron chi connectivity index (χ2n) is 6.54. The summed E-state index contributed by atoms with van der Waals surface area (Å²) in [6, 6.07) is 8.26. The van der Waals surface area contributed by atoms with Gasteiger partial charge in [-0.25, -0.2) is 0 Å². The third kappa shape index (κ3) is 3.91. The van der Waals surface area contributed by atoms with Gasteiger partial charge in [-0.05, 0) is 37.1 Å². The van der Waals surface area contributed by atoms with Crippen LogP contribution in [0.15, 0.2) is 24.3 Å². The van der Waals surface area contributed by atoms with E-state index in [4.69, 9.17) is 9.47 Å². The Morgan fingerprint density at radius 1 is 1.26 bits per heavy atom. The van der Waals surface area contributed by atoms with Crippen LogP contribution >= 0.6 is 0 Å². The zero-order chi connectivity index (χ0) is 16.2. The third-order valence-corrected chi connectivity index (χ3v) is 4.59. The predicted octanol–water partition coefficient (Wildman–Crippen LogP) is 2.12. The molecule has 5 nitrogen and oxygen atoms in total. The van der Waals surface area contributed by atoms with Crippen molar-refractivity contribution < 1.29 is 14.3 Å². The molecule has 126 valence electrons. The van der Waals surface area contributed by atoms with E-state index in [-0.39, 0.29) is 12.2 Å². The molecule has 3 rings (SSSR count). The van der Waals surface area contributed by atoms with E-state index in [1.807, 2.05) is 18.2 Å². The maximum Gasteiger partial charge on any atom is 0.253 e. The molecule has 0 radical (unpaired) electrons. The number of nitrogens with zero attached hydrogens (tertiary/aromatic N) is 2. The molecule has 0 spiro atoms. The zero-order valence-electron chi connectivity index (χ0n) is 14.0. The fourth-order valence-corrected chi connectivity index (χ4v) is 3.42. The normalized spacial score (nSPS) is 23.1. The highest BCUT2D eigenvalue weighted by atomic mass is 16.7. The molecule has 1 unspecified atom stereocenters. The van der Waals surface area contributed by atoms with Gasteiger partial charge in [-0.15, -0.1) is 0 Å². The van der Waals surface area contributed by atoms with Crippen LogP contribution < -0.4 is 0 Å². The SMILES string of the molecule is CN(C)C(=O)c1cccc(CN2CCCCC2C2OCCO2)c1. The molecule has 5 heteroatoms. The fraction of sp³-hybridized carbons (Fsp3) is 0.611. The van der Waals surface area contributed by atoms with Crippen molar-refractivity contribution in [3.63, 3.8) is 0 Å². The van der Waals surface area contributed by atoms with E-state index < -0.39 is 0 Å². The summed E-state index contributed by atoms with van der Waals surface area (Å²) < 4.78 is 11.5. The van der Waals surface area contributed by atoms with Crippen LogP contribution in [0.25, 0.3) is 0 Å². The van der Waals surface area contributed by atoms with Crippen LogP contribution in [-0.2, 0) is 16.0 Å². The van der Waals surface area contributed by atoms with Crippen LogP contribution in [-0.4, -0.2) is 61.9 Å². The van der Waals surface area contributed by atoms with Crippen molar-refractivity contribution in [3.05, 3.63) is 35.4 Å². The minimum absolute atomic E-state index is 0.0458. The summed E-state index contributed by atoms with van der Waals surface area (Å²) >= 11 is 0. The van der Waals surface area contributed by atoms with Gasteiger partial charge in [0, 0.05) is 26.2 Å². The number of benzene rings is 1. The van der Waals surface area contributed by atoms with Gasteiger partial charge in [-0.2, -0.15) is 0 Å². The number of ether oxygens (including phenoxy) is 2. The highest BCUT2D eigenvalue weighted by molar-refractivity contribution is 5.94.